The molecule has 0 bridgehead atoms. The fourth-order valence-electron chi connectivity index (χ4n) is 1.04. The molecule has 0 radical (unpaired) electrons. The van der Waals surface area contributed by atoms with E-state index in [2.05, 4.69) is 11.4 Å². The van der Waals surface area contributed by atoms with Crippen LogP contribution in [0.1, 0.15) is 30.2 Å². The number of carbonyl (C=O) groups excluding carboxylic acids is 1. The minimum atomic E-state index is -0.584. The number of nitrogens with zero attached hydrogens (tertiary/aromatic N) is 1. The van der Waals surface area contributed by atoms with Gasteiger partial charge in [0.15, 0.2) is 5.76 Å². The quantitative estimate of drug-likeness (QED) is 0.793. The molecule has 5 heteroatoms. The molecule has 1 amide bonds. The maximum atomic E-state index is 11.6. The van der Waals surface area contributed by atoms with Crippen LogP contribution in [-0.4, -0.2) is 12.5 Å². The molecule has 0 aromatic carbocycles. The Kier molecular flexibility index (Phi) is 3.69. The van der Waals surface area contributed by atoms with Gasteiger partial charge in [-0.25, -0.2) is 0 Å². The predicted octanol–water partition coefficient (Wildman–Crippen LogP) is 1.02. The first-order chi connectivity index (χ1) is 7.48. The highest BCUT2D eigenvalue weighted by Gasteiger charge is 2.19. The lowest BCUT2D eigenvalue weighted by Crippen LogP contribution is -2.32. The lowest BCUT2D eigenvalue weighted by Gasteiger charge is -2.14. The first kappa shape index (κ1) is 12.3. The Balaban J connectivity index is 2.57. The van der Waals surface area contributed by atoms with Crippen molar-refractivity contribution in [1.82, 2.24) is 5.32 Å². The Labute approximate surface area is 94.2 Å². The third-order valence-electron chi connectivity index (χ3n) is 2.08. The molecular formula is C11H15N3O2. The molecule has 16 heavy (non-hydrogen) atoms. The van der Waals surface area contributed by atoms with Crippen molar-refractivity contribution >= 4 is 5.91 Å². The number of rotatable bonds is 4. The highest BCUT2D eigenvalue weighted by atomic mass is 16.4. The Morgan fingerprint density at radius 2 is 2.31 bits per heavy atom. The van der Waals surface area contributed by atoms with E-state index in [1.807, 2.05) is 0 Å². The number of amides is 1. The largest absolute Gasteiger partial charge is 0.455 e. The molecule has 0 saturated carbocycles. The molecule has 1 aromatic rings. The van der Waals surface area contributed by atoms with Crippen LogP contribution in [0.2, 0.25) is 0 Å². The number of furan rings is 1. The van der Waals surface area contributed by atoms with Gasteiger partial charge < -0.3 is 15.5 Å². The van der Waals surface area contributed by atoms with E-state index >= 15 is 0 Å². The van der Waals surface area contributed by atoms with Gasteiger partial charge in [0.25, 0.3) is 5.91 Å². The summed E-state index contributed by atoms with van der Waals surface area (Å²) >= 11 is 0. The summed E-state index contributed by atoms with van der Waals surface area (Å²) in [6.45, 7) is 4.04. The monoisotopic (exact) mass is 221 g/mol. The van der Waals surface area contributed by atoms with Crippen LogP contribution in [0.25, 0.3) is 0 Å². The molecule has 0 fully saturated rings. The maximum absolute atomic E-state index is 11.6. The molecule has 86 valence electrons. The SMILES string of the molecule is CC(C)(C#N)CNC(=O)c1ccc(CN)o1. The Hall–Kier alpha value is -1.80. The lowest BCUT2D eigenvalue weighted by atomic mass is 9.96. The average molecular weight is 221 g/mol. The average Bonchev–Trinajstić information content (AvgIpc) is 2.74. The van der Waals surface area contributed by atoms with E-state index in [1.54, 1.807) is 26.0 Å². The molecule has 0 aliphatic rings. The van der Waals surface area contributed by atoms with Crippen molar-refractivity contribution in [3.8, 4) is 6.07 Å². The zero-order valence-electron chi connectivity index (χ0n) is 9.41. The van der Waals surface area contributed by atoms with Crippen LogP contribution in [0.4, 0.5) is 0 Å². The van der Waals surface area contributed by atoms with Gasteiger partial charge in [0.05, 0.1) is 18.0 Å². The van der Waals surface area contributed by atoms with Gasteiger partial charge in [-0.15, -0.1) is 0 Å². The number of nitrogens with two attached hydrogens (primary N) is 1. The van der Waals surface area contributed by atoms with Gasteiger partial charge in [-0.1, -0.05) is 0 Å². The first-order valence-electron chi connectivity index (χ1n) is 4.97. The zero-order valence-corrected chi connectivity index (χ0v) is 9.41. The number of nitriles is 1. The summed E-state index contributed by atoms with van der Waals surface area (Å²) < 4.78 is 5.17. The van der Waals surface area contributed by atoms with E-state index < -0.39 is 5.41 Å². The summed E-state index contributed by atoms with van der Waals surface area (Å²) in [6, 6.07) is 5.32. The zero-order chi connectivity index (χ0) is 12.2. The van der Waals surface area contributed by atoms with Crippen molar-refractivity contribution in [2.24, 2.45) is 11.1 Å². The molecule has 5 nitrogen and oxygen atoms in total. The van der Waals surface area contributed by atoms with Crippen LogP contribution in [0.15, 0.2) is 16.5 Å². The van der Waals surface area contributed by atoms with Gasteiger partial charge in [0.2, 0.25) is 0 Å². The van der Waals surface area contributed by atoms with Gasteiger partial charge in [-0.2, -0.15) is 5.26 Å². The van der Waals surface area contributed by atoms with Crippen LogP contribution >= 0.6 is 0 Å². The van der Waals surface area contributed by atoms with Crippen molar-refractivity contribution in [2.45, 2.75) is 20.4 Å². The second-order valence-electron chi connectivity index (χ2n) is 4.15. The molecule has 1 aromatic heterocycles. The van der Waals surface area contributed by atoms with E-state index in [1.165, 1.54) is 0 Å². The smallest absolute Gasteiger partial charge is 0.287 e. The number of nitrogens with one attached hydrogen (secondary N) is 1. The standard InChI is InChI=1S/C11H15N3O2/c1-11(2,6-13)7-14-10(15)9-4-3-8(5-12)16-9/h3-4H,5,7,12H2,1-2H3,(H,14,15). The molecule has 0 aliphatic heterocycles. The van der Waals surface area contributed by atoms with Crippen molar-refractivity contribution in [1.29, 1.82) is 5.26 Å². The molecule has 1 rings (SSSR count). The van der Waals surface area contributed by atoms with Crippen molar-refractivity contribution in [3.05, 3.63) is 23.7 Å². The third-order valence-corrected chi connectivity index (χ3v) is 2.08. The van der Waals surface area contributed by atoms with Crippen LogP contribution in [-0.2, 0) is 6.54 Å². The second-order valence-corrected chi connectivity index (χ2v) is 4.15. The number of hydrogen-bond donors (Lipinski definition) is 2. The van der Waals surface area contributed by atoms with Gasteiger partial charge in [-0.3, -0.25) is 4.79 Å². The Bertz CT molecular complexity index is 415. The Morgan fingerprint density at radius 3 is 2.81 bits per heavy atom. The minimum absolute atomic E-state index is 0.217. The highest BCUT2D eigenvalue weighted by molar-refractivity contribution is 5.91. The molecule has 3 N–H and O–H groups in total. The van der Waals surface area contributed by atoms with Gasteiger partial charge in [-0.05, 0) is 26.0 Å². The second kappa shape index (κ2) is 4.81. The summed E-state index contributed by atoms with van der Waals surface area (Å²) in [4.78, 5) is 11.6. The predicted molar refractivity (Wildman–Crippen MR) is 58.3 cm³/mol. The van der Waals surface area contributed by atoms with E-state index in [9.17, 15) is 4.79 Å². The molecule has 0 saturated heterocycles. The van der Waals surface area contributed by atoms with Crippen molar-refractivity contribution in [3.63, 3.8) is 0 Å². The van der Waals surface area contributed by atoms with Crippen molar-refractivity contribution in [2.75, 3.05) is 6.54 Å². The Morgan fingerprint density at radius 1 is 1.62 bits per heavy atom. The van der Waals surface area contributed by atoms with Crippen molar-refractivity contribution < 1.29 is 9.21 Å². The molecule has 0 atom stereocenters. The van der Waals surface area contributed by atoms with E-state index in [-0.39, 0.29) is 24.8 Å². The minimum Gasteiger partial charge on any atom is -0.455 e. The molecular weight excluding hydrogens is 206 g/mol. The van der Waals surface area contributed by atoms with Crippen LogP contribution < -0.4 is 11.1 Å². The fourth-order valence-corrected chi connectivity index (χ4v) is 1.04. The van der Waals surface area contributed by atoms with Gasteiger partial charge in [0, 0.05) is 6.54 Å². The van der Waals surface area contributed by atoms with Gasteiger partial charge >= 0.3 is 0 Å². The summed E-state index contributed by atoms with van der Waals surface area (Å²) in [6.07, 6.45) is 0. The maximum Gasteiger partial charge on any atom is 0.287 e. The highest BCUT2D eigenvalue weighted by Crippen LogP contribution is 2.12. The lowest BCUT2D eigenvalue weighted by molar-refractivity contribution is 0.0914. The van der Waals surface area contributed by atoms with E-state index in [4.69, 9.17) is 15.4 Å². The molecule has 1 heterocycles. The summed E-state index contributed by atoms with van der Waals surface area (Å²) in [7, 11) is 0. The van der Waals surface area contributed by atoms with E-state index in [0.29, 0.717) is 5.76 Å². The topological polar surface area (TPSA) is 92.0 Å². The molecule has 0 aliphatic carbocycles. The van der Waals surface area contributed by atoms with Gasteiger partial charge in [0.1, 0.15) is 5.76 Å². The van der Waals surface area contributed by atoms with Crippen LogP contribution in [0.3, 0.4) is 0 Å². The third kappa shape index (κ3) is 3.11. The van der Waals surface area contributed by atoms with Crippen LogP contribution in [0.5, 0.6) is 0 Å². The fraction of sp³-hybridized carbons (Fsp3) is 0.455. The molecule has 0 unspecified atom stereocenters. The first-order valence-corrected chi connectivity index (χ1v) is 4.97. The van der Waals surface area contributed by atoms with Crippen LogP contribution in [0, 0.1) is 16.7 Å². The molecule has 0 spiro atoms. The summed E-state index contributed by atoms with van der Waals surface area (Å²) in [5, 5.41) is 11.4. The van der Waals surface area contributed by atoms with E-state index in [0.717, 1.165) is 0 Å². The summed E-state index contributed by atoms with van der Waals surface area (Å²) in [5.74, 6) is 0.446. The number of carbonyl (C=O) groups is 1. The number of hydrogen-bond acceptors (Lipinski definition) is 4. The normalized spacial score (nSPS) is 10.9. The summed E-state index contributed by atoms with van der Waals surface area (Å²) in [5.41, 5.74) is 4.78.